The van der Waals surface area contributed by atoms with Crippen LogP contribution in [0.15, 0.2) is 28.8 Å². The number of rotatable bonds is 7. The number of aromatic nitrogens is 1. The summed E-state index contributed by atoms with van der Waals surface area (Å²) in [6.45, 7) is 3.67. The average molecular weight is 377 g/mol. The Labute approximate surface area is 153 Å². The highest BCUT2D eigenvalue weighted by Crippen LogP contribution is 2.20. The van der Waals surface area contributed by atoms with Crippen molar-refractivity contribution in [1.29, 1.82) is 0 Å². The van der Waals surface area contributed by atoms with E-state index in [2.05, 4.69) is 10.5 Å². The van der Waals surface area contributed by atoms with E-state index in [1.165, 1.54) is 4.31 Å². The predicted molar refractivity (Wildman–Crippen MR) is 97.0 cm³/mol. The highest BCUT2D eigenvalue weighted by molar-refractivity contribution is 7.88. The van der Waals surface area contributed by atoms with Crippen molar-refractivity contribution in [1.82, 2.24) is 14.8 Å². The fourth-order valence-corrected chi connectivity index (χ4v) is 3.96. The van der Waals surface area contributed by atoms with Crippen molar-refractivity contribution >= 4 is 15.9 Å². The molecule has 0 atom stereocenters. The zero-order valence-electron chi connectivity index (χ0n) is 15.2. The zero-order chi connectivity index (χ0) is 18.9. The van der Waals surface area contributed by atoms with Crippen LogP contribution in [0, 0.1) is 13.8 Å². The van der Waals surface area contributed by atoms with Crippen LogP contribution < -0.4 is 5.32 Å². The first-order valence-electron chi connectivity index (χ1n) is 8.52. The van der Waals surface area contributed by atoms with Gasteiger partial charge in [0.15, 0.2) is 0 Å². The summed E-state index contributed by atoms with van der Waals surface area (Å²) < 4.78 is 31.5. The zero-order valence-corrected chi connectivity index (χ0v) is 16.0. The van der Waals surface area contributed by atoms with Crippen molar-refractivity contribution < 1.29 is 17.7 Å². The van der Waals surface area contributed by atoms with E-state index >= 15 is 0 Å². The topological polar surface area (TPSA) is 92.5 Å². The molecule has 140 valence electrons. The molecule has 0 aliphatic heterocycles. The van der Waals surface area contributed by atoms with Gasteiger partial charge in [0.05, 0.1) is 11.4 Å². The molecule has 1 saturated carbocycles. The third-order valence-electron chi connectivity index (χ3n) is 4.52. The number of nitrogens with zero attached hydrogens (tertiary/aromatic N) is 2. The lowest BCUT2D eigenvalue weighted by Crippen LogP contribution is -2.28. The summed E-state index contributed by atoms with van der Waals surface area (Å²) in [6, 6.07) is 7.32. The fraction of sp³-hybridized carbons (Fsp3) is 0.444. The second-order valence-corrected chi connectivity index (χ2v) is 8.84. The number of carbonyl (C=O) groups excluding carboxylic acids is 1. The Balaban J connectivity index is 1.64. The van der Waals surface area contributed by atoms with Crippen LogP contribution in [0.2, 0.25) is 0 Å². The van der Waals surface area contributed by atoms with Crippen molar-refractivity contribution in [3.8, 4) is 0 Å². The van der Waals surface area contributed by atoms with Gasteiger partial charge in [0, 0.05) is 30.8 Å². The number of sulfonamides is 1. The van der Waals surface area contributed by atoms with Crippen LogP contribution >= 0.6 is 0 Å². The van der Waals surface area contributed by atoms with E-state index in [0.29, 0.717) is 28.6 Å². The van der Waals surface area contributed by atoms with Gasteiger partial charge in [0.2, 0.25) is 10.0 Å². The highest BCUT2D eigenvalue weighted by atomic mass is 32.2. The van der Waals surface area contributed by atoms with Crippen molar-refractivity contribution in [2.45, 2.75) is 45.0 Å². The normalized spacial score (nSPS) is 14.6. The van der Waals surface area contributed by atoms with Crippen LogP contribution in [0.5, 0.6) is 0 Å². The Morgan fingerprint density at radius 1 is 1.27 bits per heavy atom. The van der Waals surface area contributed by atoms with E-state index in [9.17, 15) is 13.2 Å². The molecule has 1 N–H and O–H groups in total. The maximum atomic E-state index is 12.6. The van der Waals surface area contributed by atoms with Gasteiger partial charge in [-0.3, -0.25) is 4.79 Å². The summed E-state index contributed by atoms with van der Waals surface area (Å²) in [4.78, 5) is 12.0. The summed E-state index contributed by atoms with van der Waals surface area (Å²) in [5.41, 5.74) is 2.59. The summed E-state index contributed by atoms with van der Waals surface area (Å²) in [5, 5.41) is 6.73. The van der Waals surface area contributed by atoms with E-state index in [1.807, 2.05) is 0 Å². The molecule has 1 aliphatic rings. The molecule has 1 heterocycles. The van der Waals surface area contributed by atoms with Crippen molar-refractivity contribution in [3.05, 3.63) is 52.4 Å². The van der Waals surface area contributed by atoms with Crippen molar-refractivity contribution in [2.75, 3.05) is 7.05 Å². The second kappa shape index (κ2) is 7.20. The monoisotopic (exact) mass is 377 g/mol. The third kappa shape index (κ3) is 4.31. The lowest BCUT2D eigenvalue weighted by atomic mass is 10.1. The first-order valence-corrected chi connectivity index (χ1v) is 10.1. The molecule has 0 saturated heterocycles. The van der Waals surface area contributed by atoms with E-state index in [0.717, 1.165) is 18.4 Å². The maximum absolute atomic E-state index is 12.6. The molecule has 2 aromatic rings. The summed E-state index contributed by atoms with van der Waals surface area (Å²) in [6.07, 6.45) is 2.08. The molecule has 0 radical (unpaired) electrons. The molecular weight excluding hydrogens is 354 g/mol. The minimum atomic E-state index is -3.51. The standard InChI is InChI=1S/C18H23N3O4S/c1-12-17(13(2)25-20-12)11-26(23,24)21(3)10-14-4-6-15(7-5-14)18(22)19-16-8-9-16/h4-7,16H,8-11H2,1-3H3,(H,19,22). The second-order valence-electron chi connectivity index (χ2n) is 6.76. The largest absolute Gasteiger partial charge is 0.361 e. The lowest BCUT2D eigenvalue weighted by Gasteiger charge is -2.17. The number of nitrogens with one attached hydrogen (secondary N) is 1. The lowest BCUT2D eigenvalue weighted by molar-refractivity contribution is 0.0951. The summed E-state index contributed by atoms with van der Waals surface area (Å²) in [7, 11) is -1.96. The predicted octanol–water partition coefficient (Wildman–Crippen LogP) is 2.15. The molecule has 1 aromatic carbocycles. The smallest absolute Gasteiger partial charge is 0.251 e. The summed E-state index contributed by atoms with van der Waals surface area (Å²) in [5.74, 6) is 0.288. The third-order valence-corrected chi connectivity index (χ3v) is 6.25. The molecule has 0 bridgehead atoms. The minimum absolute atomic E-state index is 0.0848. The number of amides is 1. The SMILES string of the molecule is Cc1noc(C)c1CS(=O)(=O)N(C)Cc1ccc(C(=O)NC2CC2)cc1. The Hall–Kier alpha value is -2.19. The van der Waals surface area contributed by atoms with E-state index < -0.39 is 10.0 Å². The molecule has 0 unspecified atom stereocenters. The number of aryl methyl sites for hydroxylation is 2. The quantitative estimate of drug-likeness (QED) is 0.798. The van der Waals surface area contributed by atoms with Gasteiger partial charge in [0.1, 0.15) is 5.76 Å². The number of hydrogen-bond donors (Lipinski definition) is 1. The average Bonchev–Trinajstić information content (AvgIpc) is 3.36. The molecule has 1 amide bonds. The van der Waals surface area contributed by atoms with E-state index in [4.69, 9.17) is 4.52 Å². The van der Waals surface area contributed by atoms with Gasteiger partial charge in [-0.15, -0.1) is 0 Å². The van der Waals surface area contributed by atoms with Crippen LogP contribution in [-0.2, 0) is 22.3 Å². The van der Waals surface area contributed by atoms with Gasteiger partial charge in [0.25, 0.3) is 5.91 Å². The van der Waals surface area contributed by atoms with Crippen molar-refractivity contribution in [2.24, 2.45) is 0 Å². The van der Waals surface area contributed by atoms with Gasteiger partial charge in [-0.05, 0) is 44.4 Å². The van der Waals surface area contributed by atoms with Crippen LogP contribution in [0.3, 0.4) is 0 Å². The minimum Gasteiger partial charge on any atom is -0.361 e. The van der Waals surface area contributed by atoms with Gasteiger partial charge in [-0.25, -0.2) is 12.7 Å². The molecule has 3 rings (SSSR count). The Morgan fingerprint density at radius 3 is 2.46 bits per heavy atom. The van der Waals surface area contributed by atoms with Crippen LogP contribution in [0.25, 0.3) is 0 Å². The van der Waals surface area contributed by atoms with Gasteiger partial charge in [-0.1, -0.05) is 17.3 Å². The van der Waals surface area contributed by atoms with Gasteiger partial charge in [-0.2, -0.15) is 0 Å². The highest BCUT2D eigenvalue weighted by Gasteiger charge is 2.25. The molecule has 1 aliphatic carbocycles. The van der Waals surface area contributed by atoms with Crippen LogP contribution in [0.4, 0.5) is 0 Å². The molecule has 26 heavy (non-hydrogen) atoms. The maximum Gasteiger partial charge on any atom is 0.251 e. The molecule has 1 fully saturated rings. The van der Waals surface area contributed by atoms with E-state index in [1.54, 1.807) is 45.2 Å². The summed E-state index contributed by atoms with van der Waals surface area (Å²) >= 11 is 0. The Bertz CT molecular complexity index is 880. The molecule has 0 spiro atoms. The van der Waals surface area contributed by atoms with Gasteiger partial charge >= 0.3 is 0 Å². The first kappa shape index (κ1) is 18.6. The Morgan fingerprint density at radius 2 is 1.92 bits per heavy atom. The van der Waals surface area contributed by atoms with Gasteiger partial charge < -0.3 is 9.84 Å². The molecule has 7 nitrogen and oxygen atoms in total. The number of hydrogen-bond acceptors (Lipinski definition) is 5. The first-order chi connectivity index (χ1) is 12.3. The molecular formula is C18H23N3O4S. The van der Waals surface area contributed by atoms with Crippen molar-refractivity contribution in [3.63, 3.8) is 0 Å². The Kier molecular flexibility index (Phi) is 5.15. The van der Waals surface area contributed by atoms with Crippen LogP contribution in [-0.4, -0.2) is 36.9 Å². The molecule has 8 heteroatoms. The fourth-order valence-electron chi connectivity index (χ4n) is 2.61. The van der Waals surface area contributed by atoms with Crippen LogP contribution in [0.1, 0.15) is 45.8 Å². The number of carbonyl (C=O) groups is 1. The van der Waals surface area contributed by atoms with E-state index in [-0.39, 0.29) is 18.2 Å². The molecule has 1 aromatic heterocycles. The number of benzene rings is 1.